The summed E-state index contributed by atoms with van der Waals surface area (Å²) >= 11 is 0. The lowest BCUT2D eigenvalue weighted by atomic mass is 10.2. The van der Waals surface area contributed by atoms with Crippen LogP contribution < -0.4 is 5.32 Å². The second-order valence-corrected chi connectivity index (χ2v) is 4.26. The van der Waals surface area contributed by atoms with Gasteiger partial charge in [0.1, 0.15) is 0 Å². The third kappa shape index (κ3) is 1.61. The second kappa shape index (κ2) is 3.73. The van der Waals surface area contributed by atoms with Gasteiger partial charge in [0.05, 0.1) is 23.5 Å². The predicted octanol–water partition coefficient (Wildman–Crippen LogP) is 0.859. The highest BCUT2D eigenvalue weighted by atomic mass is 16.1. The smallest absolute Gasteiger partial charge is 0.254 e. The molecule has 0 spiro atoms. The molecular weight excluding hydrogens is 218 g/mol. The number of hydrogen-bond acceptors (Lipinski definition) is 3. The van der Waals surface area contributed by atoms with Crippen molar-refractivity contribution < 1.29 is 4.79 Å². The Hall–Kier alpha value is -2.11. The number of nitrogens with one attached hydrogen (secondary N) is 3. The zero-order chi connectivity index (χ0) is 11.8. The minimum absolute atomic E-state index is 0.0114. The summed E-state index contributed by atoms with van der Waals surface area (Å²) in [6.45, 7) is 2.01. The first kappa shape index (κ1) is 10.1. The molecule has 1 aliphatic rings. The monoisotopic (exact) mass is 231 g/mol. The maximum Gasteiger partial charge on any atom is 0.254 e. The Morgan fingerprint density at radius 2 is 2.47 bits per heavy atom. The fraction of sp³-hybridized carbons (Fsp3) is 0.364. The lowest BCUT2D eigenvalue weighted by molar-refractivity contribution is 0.0936. The number of amides is 1. The molecule has 2 aromatic rings. The van der Waals surface area contributed by atoms with E-state index >= 15 is 0 Å². The molecular formula is C11H13N5O. The first-order valence-corrected chi connectivity index (χ1v) is 5.59. The summed E-state index contributed by atoms with van der Waals surface area (Å²) in [4.78, 5) is 11.9. The molecule has 3 N–H and O–H groups in total. The average Bonchev–Trinajstić information content (AvgIpc) is 3.00. The van der Waals surface area contributed by atoms with E-state index in [0.717, 1.165) is 24.2 Å². The molecule has 1 atom stereocenters. The van der Waals surface area contributed by atoms with Crippen LogP contribution in [0.15, 0.2) is 12.4 Å². The van der Waals surface area contributed by atoms with Crippen molar-refractivity contribution in [1.82, 2.24) is 25.7 Å². The fourth-order valence-corrected chi connectivity index (χ4v) is 2.26. The van der Waals surface area contributed by atoms with Gasteiger partial charge in [0.2, 0.25) is 0 Å². The SMILES string of the molecule is Cc1[nH]nc2c1CC[C@H]2NC(=O)c1cn[nH]c1. The van der Waals surface area contributed by atoms with Gasteiger partial charge in [0, 0.05) is 11.9 Å². The zero-order valence-electron chi connectivity index (χ0n) is 9.45. The molecule has 0 bridgehead atoms. The Labute approximate surface area is 97.8 Å². The highest BCUT2D eigenvalue weighted by molar-refractivity contribution is 5.93. The molecule has 88 valence electrons. The van der Waals surface area contributed by atoms with E-state index in [0.29, 0.717) is 5.56 Å². The van der Waals surface area contributed by atoms with Gasteiger partial charge in [0.25, 0.3) is 5.91 Å². The lowest BCUT2D eigenvalue weighted by Gasteiger charge is -2.10. The molecule has 2 aromatic heterocycles. The van der Waals surface area contributed by atoms with Crippen molar-refractivity contribution in [2.75, 3.05) is 0 Å². The Morgan fingerprint density at radius 1 is 1.59 bits per heavy atom. The molecule has 1 amide bonds. The molecule has 2 heterocycles. The first-order chi connectivity index (χ1) is 8.25. The lowest BCUT2D eigenvalue weighted by Crippen LogP contribution is -2.27. The van der Waals surface area contributed by atoms with Gasteiger partial charge in [0.15, 0.2) is 0 Å². The number of aryl methyl sites for hydroxylation is 1. The van der Waals surface area contributed by atoms with Gasteiger partial charge in [-0.15, -0.1) is 0 Å². The van der Waals surface area contributed by atoms with Crippen LogP contribution in [-0.2, 0) is 6.42 Å². The van der Waals surface area contributed by atoms with Gasteiger partial charge >= 0.3 is 0 Å². The molecule has 6 nitrogen and oxygen atoms in total. The molecule has 0 aromatic carbocycles. The first-order valence-electron chi connectivity index (χ1n) is 5.59. The fourth-order valence-electron chi connectivity index (χ4n) is 2.26. The van der Waals surface area contributed by atoms with Gasteiger partial charge in [-0.1, -0.05) is 0 Å². The number of aromatic nitrogens is 4. The summed E-state index contributed by atoms with van der Waals surface area (Å²) in [5, 5.41) is 16.6. The molecule has 6 heteroatoms. The van der Waals surface area contributed by atoms with E-state index in [9.17, 15) is 4.79 Å². The van der Waals surface area contributed by atoms with E-state index in [1.54, 1.807) is 6.20 Å². The summed E-state index contributed by atoms with van der Waals surface area (Å²) in [7, 11) is 0. The number of H-pyrrole nitrogens is 2. The quantitative estimate of drug-likeness (QED) is 0.716. The summed E-state index contributed by atoms with van der Waals surface area (Å²) in [5.74, 6) is -0.114. The molecule has 17 heavy (non-hydrogen) atoms. The van der Waals surface area contributed by atoms with Crippen LogP contribution in [0.25, 0.3) is 0 Å². The van der Waals surface area contributed by atoms with Gasteiger partial charge < -0.3 is 5.32 Å². The van der Waals surface area contributed by atoms with Crippen molar-refractivity contribution in [2.45, 2.75) is 25.8 Å². The molecule has 0 saturated carbocycles. The van der Waals surface area contributed by atoms with Crippen LogP contribution in [0.3, 0.4) is 0 Å². The standard InChI is InChI=1S/C11H13N5O/c1-6-8-2-3-9(10(8)16-15-6)14-11(17)7-4-12-13-5-7/h4-5,9H,2-3H2,1H3,(H,12,13)(H,14,17)(H,15,16)/t9-/m1/s1. The van der Waals surface area contributed by atoms with E-state index in [4.69, 9.17) is 0 Å². The van der Waals surface area contributed by atoms with Crippen molar-refractivity contribution in [3.8, 4) is 0 Å². The van der Waals surface area contributed by atoms with E-state index in [-0.39, 0.29) is 11.9 Å². The largest absolute Gasteiger partial charge is 0.343 e. The van der Waals surface area contributed by atoms with E-state index in [1.165, 1.54) is 11.8 Å². The molecule has 0 fully saturated rings. The minimum Gasteiger partial charge on any atom is -0.343 e. The van der Waals surface area contributed by atoms with E-state index in [2.05, 4.69) is 25.7 Å². The summed E-state index contributed by atoms with van der Waals surface area (Å²) in [6.07, 6.45) is 4.98. The van der Waals surface area contributed by atoms with E-state index in [1.807, 2.05) is 6.92 Å². The van der Waals surface area contributed by atoms with Crippen LogP contribution >= 0.6 is 0 Å². The number of carbonyl (C=O) groups is 1. The number of nitrogens with zero attached hydrogens (tertiary/aromatic N) is 2. The highest BCUT2D eigenvalue weighted by Crippen LogP contribution is 2.31. The van der Waals surface area contributed by atoms with Crippen molar-refractivity contribution in [2.24, 2.45) is 0 Å². The third-order valence-electron chi connectivity index (χ3n) is 3.18. The minimum atomic E-state index is -0.114. The van der Waals surface area contributed by atoms with Crippen molar-refractivity contribution in [1.29, 1.82) is 0 Å². The highest BCUT2D eigenvalue weighted by Gasteiger charge is 2.28. The van der Waals surface area contributed by atoms with Gasteiger partial charge in [-0.05, 0) is 25.3 Å². The van der Waals surface area contributed by atoms with E-state index < -0.39 is 0 Å². The third-order valence-corrected chi connectivity index (χ3v) is 3.18. The van der Waals surface area contributed by atoms with Crippen molar-refractivity contribution in [3.63, 3.8) is 0 Å². The number of carbonyl (C=O) groups excluding carboxylic acids is 1. The Kier molecular flexibility index (Phi) is 2.21. The van der Waals surface area contributed by atoms with Crippen LogP contribution in [0.5, 0.6) is 0 Å². The summed E-state index contributed by atoms with van der Waals surface area (Å²) in [6, 6.07) is 0.0114. The van der Waals surface area contributed by atoms with Crippen LogP contribution in [0.2, 0.25) is 0 Å². The Bertz CT molecular complexity index is 542. The molecule has 0 radical (unpaired) electrons. The molecule has 0 aliphatic heterocycles. The van der Waals surface area contributed by atoms with Gasteiger partial charge in [-0.2, -0.15) is 10.2 Å². The van der Waals surface area contributed by atoms with Crippen LogP contribution in [0.4, 0.5) is 0 Å². The molecule has 3 rings (SSSR count). The summed E-state index contributed by atoms with van der Waals surface area (Å²) < 4.78 is 0. The normalized spacial score (nSPS) is 18.1. The number of rotatable bonds is 2. The van der Waals surface area contributed by atoms with Gasteiger partial charge in [-0.25, -0.2) is 0 Å². The van der Waals surface area contributed by atoms with Crippen LogP contribution in [0.1, 0.15) is 39.8 Å². The Morgan fingerprint density at radius 3 is 3.24 bits per heavy atom. The van der Waals surface area contributed by atoms with Crippen molar-refractivity contribution >= 4 is 5.91 Å². The maximum absolute atomic E-state index is 11.9. The zero-order valence-corrected chi connectivity index (χ0v) is 9.45. The number of fused-ring (bicyclic) bond motifs is 1. The maximum atomic E-state index is 11.9. The van der Waals surface area contributed by atoms with Gasteiger partial charge in [-0.3, -0.25) is 15.0 Å². The Balaban J connectivity index is 1.78. The van der Waals surface area contributed by atoms with Crippen LogP contribution in [-0.4, -0.2) is 26.3 Å². The molecule has 1 aliphatic carbocycles. The van der Waals surface area contributed by atoms with Crippen LogP contribution in [0, 0.1) is 6.92 Å². The number of aromatic amines is 2. The molecule has 0 unspecified atom stereocenters. The number of hydrogen-bond donors (Lipinski definition) is 3. The second-order valence-electron chi connectivity index (χ2n) is 4.26. The topological polar surface area (TPSA) is 86.5 Å². The van der Waals surface area contributed by atoms with Crippen molar-refractivity contribution in [3.05, 3.63) is 34.9 Å². The molecule has 0 saturated heterocycles. The summed E-state index contributed by atoms with van der Waals surface area (Å²) in [5.41, 5.74) is 3.85. The predicted molar refractivity (Wildman–Crippen MR) is 60.4 cm³/mol. The average molecular weight is 231 g/mol.